The molecule has 4 nitrogen and oxygen atoms in total. The van der Waals surface area contributed by atoms with Crippen LogP contribution in [0.15, 0.2) is 0 Å². The maximum absolute atomic E-state index is 10.8. The first-order valence-electron chi connectivity index (χ1n) is 3.92. The Morgan fingerprint density at radius 1 is 1.75 bits per heavy atom. The zero-order chi connectivity index (χ0) is 9.14. The highest BCUT2D eigenvalue weighted by molar-refractivity contribution is 5.83. The van der Waals surface area contributed by atoms with Crippen molar-refractivity contribution >= 4 is 11.8 Å². The summed E-state index contributed by atoms with van der Waals surface area (Å²) in [5.74, 6) is -0.761. The summed E-state index contributed by atoms with van der Waals surface area (Å²) in [6.45, 7) is 0. The van der Waals surface area contributed by atoms with E-state index in [0.29, 0.717) is 19.3 Å². The first-order chi connectivity index (χ1) is 5.65. The van der Waals surface area contributed by atoms with Crippen LogP contribution in [0.4, 0.5) is 0 Å². The number of rotatable bonds is 2. The van der Waals surface area contributed by atoms with Crippen LogP contribution in [0.3, 0.4) is 0 Å². The van der Waals surface area contributed by atoms with Crippen LogP contribution in [0.25, 0.3) is 0 Å². The number of aliphatic hydroxyl groups is 1. The molecule has 0 aromatic rings. The average Bonchev–Trinajstić information content (AvgIpc) is 2.49. The summed E-state index contributed by atoms with van der Waals surface area (Å²) in [5.41, 5.74) is 0. The Balaban J connectivity index is 2.48. The van der Waals surface area contributed by atoms with Crippen LogP contribution < -0.4 is 0 Å². The molecular formula is C8H12O4. The van der Waals surface area contributed by atoms with Gasteiger partial charge in [-0.15, -0.1) is 0 Å². The zero-order valence-electron chi connectivity index (χ0n) is 6.95. The predicted octanol–water partition coefficient (Wildman–Crippen LogP) is -0.111. The summed E-state index contributed by atoms with van der Waals surface area (Å²) in [4.78, 5) is 21.6. The van der Waals surface area contributed by atoms with Crippen molar-refractivity contribution in [2.75, 3.05) is 7.11 Å². The molecule has 1 N–H and O–H groups in total. The third-order valence-corrected chi connectivity index (χ3v) is 2.17. The van der Waals surface area contributed by atoms with E-state index in [0.717, 1.165) is 0 Å². The molecule has 0 heterocycles. The summed E-state index contributed by atoms with van der Waals surface area (Å²) in [5, 5.41) is 9.31. The second kappa shape index (κ2) is 3.67. The molecule has 0 radical (unpaired) electrons. The van der Waals surface area contributed by atoms with Gasteiger partial charge in [-0.25, -0.2) is 4.79 Å². The van der Waals surface area contributed by atoms with Crippen molar-refractivity contribution in [2.24, 2.45) is 5.92 Å². The Labute approximate surface area is 70.5 Å². The van der Waals surface area contributed by atoms with Crippen LogP contribution in [0.1, 0.15) is 19.3 Å². The highest BCUT2D eigenvalue weighted by atomic mass is 16.5. The van der Waals surface area contributed by atoms with Crippen molar-refractivity contribution in [3.05, 3.63) is 0 Å². The third kappa shape index (κ3) is 1.82. The Bertz CT molecular complexity index is 199. The number of esters is 1. The number of carbonyl (C=O) groups is 2. The number of hydrogen-bond acceptors (Lipinski definition) is 4. The van der Waals surface area contributed by atoms with Gasteiger partial charge in [-0.3, -0.25) is 4.79 Å². The molecule has 12 heavy (non-hydrogen) atoms. The summed E-state index contributed by atoms with van der Waals surface area (Å²) < 4.78 is 4.36. The fourth-order valence-corrected chi connectivity index (χ4v) is 1.43. The van der Waals surface area contributed by atoms with Crippen LogP contribution in [0.2, 0.25) is 0 Å². The molecule has 1 unspecified atom stereocenters. The molecule has 0 amide bonds. The smallest absolute Gasteiger partial charge is 0.334 e. The molecule has 0 bridgehead atoms. The summed E-state index contributed by atoms with van der Waals surface area (Å²) >= 11 is 0. The van der Waals surface area contributed by atoms with E-state index in [9.17, 15) is 14.7 Å². The monoisotopic (exact) mass is 172 g/mol. The lowest BCUT2D eigenvalue weighted by Gasteiger charge is -2.13. The SMILES string of the molecule is COC(=O)C(O)[C@H]1CCC(=O)C1. The largest absolute Gasteiger partial charge is 0.467 e. The minimum absolute atomic E-state index is 0.114. The van der Waals surface area contributed by atoms with Gasteiger partial charge < -0.3 is 9.84 Å². The Morgan fingerprint density at radius 3 is 2.83 bits per heavy atom. The quantitative estimate of drug-likeness (QED) is 0.590. The fraction of sp³-hybridized carbons (Fsp3) is 0.750. The normalized spacial score (nSPS) is 25.5. The van der Waals surface area contributed by atoms with Crippen molar-refractivity contribution < 1.29 is 19.4 Å². The standard InChI is InChI=1S/C8H12O4/c1-12-8(11)7(10)5-2-3-6(9)4-5/h5,7,10H,2-4H2,1H3/t5-,7?/m0/s1. The third-order valence-electron chi connectivity index (χ3n) is 2.17. The summed E-state index contributed by atoms with van der Waals surface area (Å²) in [6, 6.07) is 0. The molecule has 1 fully saturated rings. The lowest BCUT2D eigenvalue weighted by Crippen LogP contribution is -2.29. The maximum atomic E-state index is 10.8. The van der Waals surface area contributed by atoms with Gasteiger partial charge in [0.25, 0.3) is 0 Å². The highest BCUT2D eigenvalue weighted by Crippen LogP contribution is 2.25. The van der Waals surface area contributed by atoms with E-state index in [4.69, 9.17) is 0 Å². The van der Waals surface area contributed by atoms with Gasteiger partial charge in [0.05, 0.1) is 7.11 Å². The first-order valence-corrected chi connectivity index (χ1v) is 3.92. The molecule has 0 aromatic heterocycles. The van der Waals surface area contributed by atoms with Gasteiger partial charge >= 0.3 is 5.97 Å². The van der Waals surface area contributed by atoms with Gasteiger partial charge in [-0.05, 0) is 6.42 Å². The molecule has 68 valence electrons. The molecule has 1 rings (SSSR count). The lowest BCUT2D eigenvalue weighted by atomic mass is 10.0. The van der Waals surface area contributed by atoms with E-state index in [1.165, 1.54) is 7.11 Å². The molecule has 0 saturated heterocycles. The number of hydrogen-bond donors (Lipinski definition) is 1. The van der Waals surface area contributed by atoms with Gasteiger partial charge in [0.15, 0.2) is 6.10 Å². The molecule has 1 aliphatic carbocycles. The van der Waals surface area contributed by atoms with Crippen molar-refractivity contribution in [2.45, 2.75) is 25.4 Å². The van der Waals surface area contributed by atoms with Crippen molar-refractivity contribution in [3.8, 4) is 0 Å². The number of methoxy groups -OCH3 is 1. The van der Waals surface area contributed by atoms with Crippen molar-refractivity contribution in [3.63, 3.8) is 0 Å². The number of ketones is 1. The predicted molar refractivity (Wildman–Crippen MR) is 40.4 cm³/mol. The van der Waals surface area contributed by atoms with Gasteiger partial charge in [-0.1, -0.05) is 0 Å². The van der Waals surface area contributed by atoms with Crippen molar-refractivity contribution in [1.82, 2.24) is 0 Å². The van der Waals surface area contributed by atoms with Gasteiger partial charge in [-0.2, -0.15) is 0 Å². The van der Waals surface area contributed by atoms with Crippen LogP contribution in [-0.2, 0) is 14.3 Å². The molecule has 0 aromatic carbocycles. The van der Waals surface area contributed by atoms with Crippen LogP contribution in [-0.4, -0.2) is 30.1 Å². The topological polar surface area (TPSA) is 63.6 Å². The van der Waals surface area contributed by atoms with Crippen LogP contribution >= 0.6 is 0 Å². The highest BCUT2D eigenvalue weighted by Gasteiger charge is 2.32. The number of aliphatic hydroxyl groups excluding tert-OH is 1. The lowest BCUT2D eigenvalue weighted by molar-refractivity contribution is -0.153. The van der Waals surface area contributed by atoms with Crippen molar-refractivity contribution in [1.29, 1.82) is 0 Å². The fourth-order valence-electron chi connectivity index (χ4n) is 1.43. The Hall–Kier alpha value is -0.900. The van der Waals surface area contributed by atoms with E-state index in [2.05, 4.69) is 4.74 Å². The minimum Gasteiger partial charge on any atom is -0.467 e. The van der Waals surface area contributed by atoms with E-state index < -0.39 is 12.1 Å². The van der Waals surface area contributed by atoms with Crippen LogP contribution in [0, 0.1) is 5.92 Å². The first kappa shape index (κ1) is 9.19. The Kier molecular flexibility index (Phi) is 2.81. The molecule has 0 aliphatic heterocycles. The number of ether oxygens (including phenoxy) is 1. The minimum atomic E-state index is -1.12. The molecule has 2 atom stereocenters. The van der Waals surface area contributed by atoms with Gasteiger partial charge in [0.1, 0.15) is 5.78 Å². The van der Waals surface area contributed by atoms with Gasteiger partial charge in [0, 0.05) is 18.8 Å². The van der Waals surface area contributed by atoms with E-state index in [-0.39, 0.29) is 11.7 Å². The molecule has 0 spiro atoms. The van der Waals surface area contributed by atoms with E-state index in [1.807, 2.05) is 0 Å². The summed E-state index contributed by atoms with van der Waals surface area (Å²) in [6.07, 6.45) is 0.242. The average molecular weight is 172 g/mol. The molecule has 1 aliphatic rings. The Morgan fingerprint density at radius 2 is 2.42 bits per heavy atom. The second-order valence-electron chi connectivity index (χ2n) is 3.01. The van der Waals surface area contributed by atoms with E-state index >= 15 is 0 Å². The van der Waals surface area contributed by atoms with E-state index in [1.54, 1.807) is 0 Å². The number of carbonyl (C=O) groups excluding carboxylic acids is 2. The van der Waals surface area contributed by atoms with Gasteiger partial charge in [0.2, 0.25) is 0 Å². The molecule has 4 heteroatoms. The van der Waals surface area contributed by atoms with Crippen LogP contribution in [0.5, 0.6) is 0 Å². The second-order valence-corrected chi connectivity index (χ2v) is 3.01. The zero-order valence-corrected chi connectivity index (χ0v) is 6.95. The molecule has 1 saturated carbocycles. The number of Topliss-reactive ketones (excluding diaryl/α,β-unsaturated/α-hetero) is 1. The summed E-state index contributed by atoms with van der Waals surface area (Å²) in [7, 11) is 1.22. The maximum Gasteiger partial charge on any atom is 0.334 e. The molecular weight excluding hydrogens is 160 g/mol.